The van der Waals surface area contributed by atoms with E-state index in [1.165, 1.54) is 20.9 Å². The first-order valence-electron chi connectivity index (χ1n) is 5.88. The molecule has 0 atom stereocenters. The van der Waals surface area contributed by atoms with Gasteiger partial charge in [0.15, 0.2) is 0 Å². The molecule has 0 aliphatic carbocycles. The molecule has 1 aromatic heterocycles. The summed E-state index contributed by atoms with van der Waals surface area (Å²) in [5.74, 6) is 0. The van der Waals surface area contributed by atoms with Crippen molar-refractivity contribution in [2.75, 3.05) is 0 Å². The molecular formula is C16H20S. The van der Waals surface area contributed by atoms with Crippen LogP contribution >= 0.6 is 11.3 Å². The Kier molecular flexibility index (Phi) is 5.71. The average molecular weight is 244 g/mol. The highest BCUT2D eigenvalue weighted by atomic mass is 32.1. The molecule has 0 nitrogen and oxygen atoms in total. The summed E-state index contributed by atoms with van der Waals surface area (Å²) < 4.78 is 0. The van der Waals surface area contributed by atoms with Crippen molar-refractivity contribution < 1.29 is 0 Å². The van der Waals surface area contributed by atoms with Crippen molar-refractivity contribution in [3.05, 3.63) is 58.3 Å². The third-order valence-electron chi connectivity index (χ3n) is 2.46. The van der Waals surface area contributed by atoms with Crippen molar-refractivity contribution in [1.82, 2.24) is 0 Å². The number of thiophene rings is 1. The zero-order valence-electron chi connectivity index (χ0n) is 11.0. The molecule has 0 aliphatic heterocycles. The van der Waals surface area contributed by atoms with Gasteiger partial charge in [0, 0.05) is 9.75 Å². The lowest BCUT2D eigenvalue weighted by Gasteiger charge is -1.95. The molecule has 0 N–H and O–H groups in total. The number of hydrogen-bond donors (Lipinski definition) is 0. The van der Waals surface area contributed by atoms with Gasteiger partial charge in [0.1, 0.15) is 0 Å². The van der Waals surface area contributed by atoms with E-state index in [1.807, 2.05) is 25.2 Å². The van der Waals surface area contributed by atoms with Gasteiger partial charge in [0.05, 0.1) is 0 Å². The maximum absolute atomic E-state index is 2.20. The molecule has 90 valence electrons. The predicted octanol–water partition coefficient (Wildman–Crippen LogP) is 5.71. The van der Waals surface area contributed by atoms with Crippen molar-refractivity contribution in [3.63, 3.8) is 0 Å². The van der Waals surface area contributed by atoms with Crippen LogP contribution in [-0.4, -0.2) is 0 Å². The first-order chi connectivity index (χ1) is 8.19. The quantitative estimate of drug-likeness (QED) is 0.595. The van der Waals surface area contributed by atoms with Crippen LogP contribution in [0.5, 0.6) is 0 Å². The zero-order chi connectivity index (χ0) is 12.7. The van der Waals surface area contributed by atoms with Crippen LogP contribution in [0.1, 0.15) is 37.4 Å². The standard InChI is InChI=1S/C16H20S/c1-5-7-9-13(3)15-11-12-16(17-15)14(4)10-8-6-2/h5-12H,1-4H3/b7-5-,8-6-,13-9+,14-10+. The Bertz CT molecular complexity index is 425. The molecule has 0 fully saturated rings. The summed E-state index contributed by atoms with van der Waals surface area (Å²) in [6.45, 7) is 8.38. The summed E-state index contributed by atoms with van der Waals surface area (Å²) in [6.07, 6.45) is 12.6. The van der Waals surface area contributed by atoms with E-state index in [0.29, 0.717) is 0 Å². The molecule has 0 aliphatic rings. The van der Waals surface area contributed by atoms with Gasteiger partial charge in [-0.3, -0.25) is 0 Å². The molecule has 0 bridgehead atoms. The van der Waals surface area contributed by atoms with Gasteiger partial charge >= 0.3 is 0 Å². The van der Waals surface area contributed by atoms with Crippen LogP contribution in [0, 0.1) is 0 Å². The van der Waals surface area contributed by atoms with Gasteiger partial charge in [0.2, 0.25) is 0 Å². The molecule has 0 unspecified atom stereocenters. The summed E-state index contributed by atoms with van der Waals surface area (Å²) in [6, 6.07) is 4.39. The second-order valence-electron chi connectivity index (χ2n) is 3.91. The summed E-state index contributed by atoms with van der Waals surface area (Å²) in [4.78, 5) is 2.68. The van der Waals surface area contributed by atoms with E-state index in [9.17, 15) is 0 Å². The largest absolute Gasteiger partial charge is 0.136 e. The summed E-state index contributed by atoms with van der Waals surface area (Å²) in [5, 5.41) is 0. The molecule has 1 rings (SSSR count). The van der Waals surface area contributed by atoms with Crippen LogP contribution in [0.25, 0.3) is 11.1 Å². The van der Waals surface area contributed by atoms with E-state index in [4.69, 9.17) is 0 Å². The Balaban J connectivity index is 2.92. The van der Waals surface area contributed by atoms with Crippen LogP contribution in [0.4, 0.5) is 0 Å². The van der Waals surface area contributed by atoms with Gasteiger partial charge < -0.3 is 0 Å². The smallest absolute Gasteiger partial charge is 0.0306 e. The molecule has 0 saturated heterocycles. The zero-order valence-corrected chi connectivity index (χ0v) is 11.8. The number of hydrogen-bond acceptors (Lipinski definition) is 1. The molecule has 0 amide bonds. The predicted molar refractivity (Wildman–Crippen MR) is 81.2 cm³/mol. The maximum Gasteiger partial charge on any atom is 0.0306 e. The van der Waals surface area contributed by atoms with Gasteiger partial charge in [-0.1, -0.05) is 36.5 Å². The van der Waals surface area contributed by atoms with Gasteiger partial charge in [0.25, 0.3) is 0 Å². The highest BCUT2D eigenvalue weighted by molar-refractivity contribution is 7.14. The molecule has 1 heteroatoms. The normalized spacial score (nSPS) is 14.1. The lowest BCUT2D eigenvalue weighted by molar-refractivity contribution is 1.66. The minimum Gasteiger partial charge on any atom is -0.136 e. The van der Waals surface area contributed by atoms with E-state index in [0.717, 1.165) is 0 Å². The van der Waals surface area contributed by atoms with Gasteiger partial charge in [-0.05, 0) is 51.0 Å². The van der Waals surface area contributed by atoms with Gasteiger partial charge in [-0.25, -0.2) is 0 Å². The summed E-state index contributed by atoms with van der Waals surface area (Å²) in [7, 11) is 0. The monoisotopic (exact) mass is 244 g/mol. The number of allylic oxidation sites excluding steroid dienone is 8. The van der Waals surface area contributed by atoms with Crippen LogP contribution in [0.15, 0.2) is 48.6 Å². The van der Waals surface area contributed by atoms with Gasteiger partial charge in [-0.15, -0.1) is 11.3 Å². The number of rotatable bonds is 4. The first kappa shape index (κ1) is 13.7. The third kappa shape index (κ3) is 4.20. The molecule has 0 aromatic carbocycles. The highest BCUT2D eigenvalue weighted by Crippen LogP contribution is 2.28. The van der Waals surface area contributed by atoms with Gasteiger partial charge in [-0.2, -0.15) is 0 Å². The SMILES string of the molecule is C/C=C\C=C(/C)c1ccc(/C(C)=C/C=C\C)s1. The fourth-order valence-corrected chi connectivity index (χ4v) is 2.37. The van der Waals surface area contributed by atoms with Crippen molar-refractivity contribution in [3.8, 4) is 0 Å². The lowest BCUT2D eigenvalue weighted by Crippen LogP contribution is -1.70. The van der Waals surface area contributed by atoms with E-state index in [2.05, 4.69) is 62.4 Å². The minimum absolute atomic E-state index is 1.32. The van der Waals surface area contributed by atoms with Crippen molar-refractivity contribution in [2.45, 2.75) is 27.7 Å². The van der Waals surface area contributed by atoms with E-state index in [1.54, 1.807) is 0 Å². The molecular weight excluding hydrogens is 224 g/mol. The molecule has 1 aromatic rings. The summed E-state index contributed by atoms with van der Waals surface area (Å²) >= 11 is 1.85. The average Bonchev–Trinajstić information content (AvgIpc) is 2.82. The Morgan fingerprint density at radius 3 is 1.65 bits per heavy atom. The van der Waals surface area contributed by atoms with E-state index < -0.39 is 0 Å². The minimum atomic E-state index is 1.32. The Labute approximate surface area is 109 Å². The summed E-state index contributed by atoms with van der Waals surface area (Å²) in [5.41, 5.74) is 2.64. The van der Waals surface area contributed by atoms with Crippen LogP contribution in [0.3, 0.4) is 0 Å². The van der Waals surface area contributed by atoms with Crippen molar-refractivity contribution in [1.29, 1.82) is 0 Å². The Hall–Kier alpha value is -1.34. The van der Waals surface area contributed by atoms with E-state index >= 15 is 0 Å². The molecule has 17 heavy (non-hydrogen) atoms. The second-order valence-corrected chi connectivity index (χ2v) is 5.00. The molecule has 0 radical (unpaired) electrons. The third-order valence-corrected chi connectivity index (χ3v) is 3.82. The lowest BCUT2D eigenvalue weighted by atomic mass is 10.2. The van der Waals surface area contributed by atoms with E-state index in [-0.39, 0.29) is 0 Å². The first-order valence-corrected chi connectivity index (χ1v) is 6.70. The van der Waals surface area contributed by atoms with Crippen LogP contribution in [0.2, 0.25) is 0 Å². The maximum atomic E-state index is 2.20. The molecule has 0 saturated carbocycles. The molecule has 1 heterocycles. The topological polar surface area (TPSA) is 0 Å². The fourth-order valence-electron chi connectivity index (χ4n) is 1.41. The van der Waals surface area contributed by atoms with Crippen LogP contribution in [-0.2, 0) is 0 Å². The molecule has 0 spiro atoms. The Morgan fingerprint density at radius 2 is 1.29 bits per heavy atom. The Morgan fingerprint density at radius 1 is 0.882 bits per heavy atom. The second kappa shape index (κ2) is 7.08. The fraction of sp³-hybridized carbons (Fsp3) is 0.250. The van der Waals surface area contributed by atoms with Crippen molar-refractivity contribution in [2.24, 2.45) is 0 Å². The van der Waals surface area contributed by atoms with Crippen molar-refractivity contribution >= 4 is 22.5 Å². The van der Waals surface area contributed by atoms with Crippen LogP contribution < -0.4 is 0 Å². The highest BCUT2D eigenvalue weighted by Gasteiger charge is 2.02.